The molecule has 1 amide bonds. The van der Waals surface area contributed by atoms with Crippen LogP contribution in [0.5, 0.6) is 0 Å². The number of hydrogen-bond acceptors (Lipinski definition) is 5. The highest BCUT2D eigenvalue weighted by Gasteiger charge is 2.53. The van der Waals surface area contributed by atoms with Gasteiger partial charge in [0.25, 0.3) is 0 Å². The lowest BCUT2D eigenvalue weighted by atomic mass is 10.1. The molecule has 0 aliphatic carbocycles. The highest BCUT2D eigenvalue weighted by Crippen LogP contribution is 2.35. The van der Waals surface area contributed by atoms with E-state index in [0.29, 0.717) is 13.2 Å². The number of aliphatic carboxylic acids is 1. The fraction of sp³-hybridized carbons (Fsp3) is 0.467. The second-order valence-corrected chi connectivity index (χ2v) is 5.33. The van der Waals surface area contributed by atoms with Crippen molar-refractivity contribution >= 4 is 12.1 Å². The number of likely N-dealkylation sites (tertiary alicyclic amines) is 1. The summed E-state index contributed by atoms with van der Waals surface area (Å²) in [5.41, 5.74) is 0.838. The summed E-state index contributed by atoms with van der Waals surface area (Å²) < 4.78 is 16.2. The quantitative estimate of drug-likeness (QED) is 0.904. The molecular weight excluding hydrogens is 290 g/mol. The molecule has 0 saturated carbocycles. The highest BCUT2D eigenvalue weighted by molar-refractivity contribution is 5.81. The van der Waals surface area contributed by atoms with E-state index in [9.17, 15) is 14.7 Å². The number of amides is 1. The number of hydrogen-bond donors (Lipinski definition) is 1. The number of carbonyl (C=O) groups excluding carboxylic acids is 1. The van der Waals surface area contributed by atoms with Crippen LogP contribution in [0, 0.1) is 0 Å². The van der Waals surface area contributed by atoms with Crippen molar-refractivity contribution in [3.63, 3.8) is 0 Å². The Hall–Kier alpha value is -2.12. The van der Waals surface area contributed by atoms with Crippen molar-refractivity contribution < 1.29 is 28.9 Å². The largest absolute Gasteiger partial charge is 0.480 e. The normalized spacial score (nSPS) is 22.9. The van der Waals surface area contributed by atoms with E-state index in [1.54, 1.807) is 0 Å². The number of benzene rings is 1. The number of carbonyl (C=O) groups is 2. The maximum Gasteiger partial charge on any atom is 0.411 e. The van der Waals surface area contributed by atoms with Crippen molar-refractivity contribution in [2.45, 2.75) is 24.9 Å². The number of carboxylic acids is 1. The Labute approximate surface area is 127 Å². The first-order valence-corrected chi connectivity index (χ1v) is 7.08. The van der Waals surface area contributed by atoms with Crippen molar-refractivity contribution in [2.24, 2.45) is 0 Å². The summed E-state index contributed by atoms with van der Waals surface area (Å²) in [6, 6.07) is 8.21. The van der Waals surface area contributed by atoms with Gasteiger partial charge in [-0.1, -0.05) is 30.3 Å². The molecule has 1 spiro atoms. The van der Waals surface area contributed by atoms with Crippen molar-refractivity contribution in [3.8, 4) is 0 Å². The summed E-state index contributed by atoms with van der Waals surface area (Å²) in [7, 11) is 0. The highest BCUT2D eigenvalue weighted by atomic mass is 16.7. The fourth-order valence-corrected chi connectivity index (χ4v) is 2.76. The lowest BCUT2D eigenvalue weighted by Crippen LogP contribution is -2.41. The van der Waals surface area contributed by atoms with Gasteiger partial charge in [-0.25, -0.2) is 9.59 Å². The zero-order valence-electron chi connectivity index (χ0n) is 11.9. The van der Waals surface area contributed by atoms with Crippen LogP contribution in [0.3, 0.4) is 0 Å². The van der Waals surface area contributed by atoms with Crippen molar-refractivity contribution in [3.05, 3.63) is 35.9 Å². The molecule has 7 heteroatoms. The molecule has 0 aromatic heterocycles. The topological polar surface area (TPSA) is 85.3 Å². The molecule has 22 heavy (non-hydrogen) atoms. The number of nitrogens with zero attached hydrogens (tertiary/aromatic N) is 1. The van der Waals surface area contributed by atoms with E-state index in [-0.39, 0.29) is 19.6 Å². The Balaban J connectivity index is 1.66. The Morgan fingerprint density at radius 1 is 1.27 bits per heavy atom. The van der Waals surface area contributed by atoms with Crippen LogP contribution in [0.2, 0.25) is 0 Å². The third-order valence-corrected chi connectivity index (χ3v) is 3.83. The minimum absolute atomic E-state index is 0.0671. The van der Waals surface area contributed by atoms with Gasteiger partial charge >= 0.3 is 12.1 Å². The van der Waals surface area contributed by atoms with Crippen molar-refractivity contribution in [1.82, 2.24) is 4.90 Å². The summed E-state index contributed by atoms with van der Waals surface area (Å²) >= 11 is 0. The average molecular weight is 307 g/mol. The van der Waals surface area contributed by atoms with Gasteiger partial charge in [0.05, 0.1) is 19.8 Å². The SMILES string of the molecule is O=C(O)[C@@H]1CC2(CN1C(=O)OCc1ccccc1)OCCO2. The van der Waals surface area contributed by atoms with Crippen LogP contribution in [-0.2, 0) is 25.6 Å². The summed E-state index contributed by atoms with van der Waals surface area (Å²) in [6.07, 6.45) is -0.560. The molecule has 7 nitrogen and oxygen atoms in total. The second-order valence-electron chi connectivity index (χ2n) is 5.33. The Bertz CT molecular complexity index is 554. The molecule has 1 aromatic rings. The van der Waals surface area contributed by atoms with E-state index in [0.717, 1.165) is 10.5 Å². The first kappa shape index (κ1) is 14.8. The lowest BCUT2D eigenvalue weighted by molar-refractivity contribution is -0.150. The zero-order chi connectivity index (χ0) is 15.6. The minimum Gasteiger partial charge on any atom is -0.480 e. The van der Waals surface area contributed by atoms with Crippen LogP contribution in [0.4, 0.5) is 4.79 Å². The van der Waals surface area contributed by atoms with Crippen LogP contribution < -0.4 is 0 Å². The van der Waals surface area contributed by atoms with Gasteiger partial charge in [0.15, 0.2) is 5.79 Å². The van der Waals surface area contributed by atoms with Gasteiger partial charge in [0.2, 0.25) is 0 Å². The Morgan fingerprint density at radius 3 is 2.59 bits per heavy atom. The van der Waals surface area contributed by atoms with E-state index in [1.807, 2.05) is 30.3 Å². The van der Waals surface area contributed by atoms with E-state index in [4.69, 9.17) is 14.2 Å². The summed E-state index contributed by atoms with van der Waals surface area (Å²) in [6.45, 7) is 0.966. The van der Waals surface area contributed by atoms with E-state index in [2.05, 4.69) is 0 Å². The van der Waals surface area contributed by atoms with E-state index >= 15 is 0 Å². The fourth-order valence-electron chi connectivity index (χ4n) is 2.76. The first-order chi connectivity index (χ1) is 10.6. The van der Waals surface area contributed by atoms with Crippen molar-refractivity contribution in [2.75, 3.05) is 19.8 Å². The van der Waals surface area contributed by atoms with Crippen LogP contribution in [0.25, 0.3) is 0 Å². The molecule has 1 aromatic carbocycles. The van der Waals surface area contributed by atoms with E-state index < -0.39 is 23.9 Å². The molecule has 1 atom stereocenters. The van der Waals surface area contributed by atoms with Crippen LogP contribution >= 0.6 is 0 Å². The van der Waals surface area contributed by atoms with Gasteiger partial charge in [-0.3, -0.25) is 4.90 Å². The second kappa shape index (κ2) is 5.94. The smallest absolute Gasteiger partial charge is 0.411 e. The minimum atomic E-state index is -1.09. The van der Waals surface area contributed by atoms with E-state index in [1.165, 1.54) is 0 Å². The third-order valence-electron chi connectivity index (χ3n) is 3.83. The number of ether oxygens (including phenoxy) is 3. The van der Waals surface area contributed by atoms with Gasteiger partial charge in [0.1, 0.15) is 12.6 Å². The zero-order valence-corrected chi connectivity index (χ0v) is 11.9. The van der Waals surface area contributed by atoms with Gasteiger partial charge in [-0.2, -0.15) is 0 Å². The molecule has 2 aliphatic heterocycles. The van der Waals surface area contributed by atoms with Gasteiger partial charge in [0, 0.05) is 6.42 Å². The van der Waals surface area contributed by atoms with Crippen LogP contribution in [0.1, 0.15) is 12.0 Å². The molecule has 1 N–H and O–H groups in total. The molecule has 0 unspecified atom stereocenters. The predicted octanol–water partition coefficient (Wildman–Crippen LogP) is 1.23. The molecule has 3 rings (SSSR count). The summed E-state index contributed by atoms with van der Waals surface area (Å²) in [4.78, 5) is 24.7. The maximum atomic E-state index is 12.2. The lowest BCUT2D eigenvalue weighted by Gasteiger charge is -2.22. The molecule has 118 valence electrons. The molecular formula is C15H17NO6. The molecule has 2 saturated heterocycles. The molecule has 0 bridgehead atoms. The average Bonchev–Trinajstić information content (AvgIpc) is 3.14. The molecule has 2 fully saturated rings. The molecule has 0 radical (unpaired) electrons. The van der Waals surface area contributed by atoms with Gasteiger partial charge < -0.3 is 19.3 Å². The number of carboxylic acid groups (broad SMARTS) is 1. The maximum absolute atomic E-state index is 12.2. The monoisotopic (exact) mass is 307 g/mol. The summed E-state index contributed by atoms with van der Waals surface area (Å²) in [5.74, 6) is -2.10. The van der Waals surface area contributed by atoms with Gasteiger partial charge in [-0.05, 0) is 5.56 Å². The predicted molar refractivity (Wildman–Crippen MR) is 74.0 cm³/mol. The Kier molecular flexibility index (Phi) is 4.00. The molecule has 2 heterocycles. The first-order valence-electron chi connectivity index (χ1n) is 7.08. The number of rotatable bonds is 3. The third kappa shape index (κ3) is 2.90. The van der Waals surface area contributed by atoms with Crippen LogP contribution in [0.15, 0.2) is 30.3 Å². The van der Waals surface area contributed by atoms with Crippen molar-refractivity contribution in [1.29, 1.82) is 0 Å². The summed E-state index contributed by atoms with van der Waals surface area (Å²) in [5, 5.41) is 9.30. The Morgan fingerprint density at radius 2 is 1.95 bits per heavy atom. The molecule has 2 aliphatic rings. The van der Waals surface area contributed by atoms with Crippen LogP contribution in [-0.4, -0.2) is 53.7 Å². The standard InChI is InChI=1S/C15H17NO6/c17-13(18)12-8-15(21-6-7-22-15)10-16(12)14(19)20-9-11-4-2-1-3-5-11/h1-5,12H,6-10H2,(H,17,18)/t12-/m0/s1. The van der Waals surface area contributed by atoms with Gasteiger partial charge in [-0.15, -0.1) is 0 Å².